The van der Waals surface area contributed by atoms with Gasteiger partial charge in [-0.3, -0.25) is 4.79 Å². The normalized spacial score (nSPS) is 10.7. The highest BCUT2D eigenvalue weighted by molar-refractivity contribution is 7.72. The van der Waals surface area contributed by atoms with Crippen molar-refractivity contribution in [2.75, 3.05) is 10.8 Å². The number of amides is 1. The van der Waals surface area contributed by atoms with Gasteiger partial charge in [0.25, 0.3) is 5.91 Å². The van der Waals surface area contributed by atoms with E-state index in [1.165, 1.54) is 11.6 Å². The lowest BCUT2D eigenvalue weighted by molar-refractivity contribution is -0.0504. The number of carbonyl (C=O) groups is 1. The number of thiazole rings is 1. The first-order valence-corrected chi connectivity index (χ1v) is 11.3. The van der Waals surface area contributed by atoms with Crippen LogP contribution in [0.3, 0.4) is 0 Å². The Hall–Kier alpha value is -3.56. The standard InChI is InChI=1S/C20H16F2N4O4S2/c21-20(22)30-16-4-2-1-3-14(16)10-26(15-7-5-13(9-23)6-8-15)19-17(24-11-31-19)18(27)25-12-32(28)29/h1-8,11,20,32H,10,12H2,(H,25,27). The van der Waals surface area contributed by atoms with Crippen LogP contribution in [0.25, 0.3) is 0 Å². The first-order valence-electron chi connectivity index (χ1n) is 9.03. The summed E-state index contributed by atoms with van der Waals surface area (Å²) < 4.78 is 52.0. The van der Waals surface area contributed by atoms with Crippen LogP contribution in [-0.2, 0) is 17.2 Å². The summed E-state index contributed by atoms with van der Waals surface area (Å²) in [5.74, 6) is -1.27. The molecule has 3 aromatic rings. The topological polar surface area (TPSA) is 112 Å². The number of hydrogen-bond donors (Lipinski definition) is 2. The third kappa shape index (κ3) is 5.77. The summed E-state index contributed by atoms with van der Waals surface area (Å²) in [5, 5.41) is 11.7. The maximum atomic E-state index is 12.9. The second kappa shape index (κ2) is 10.7. The fourth-order valence-electron chi connectivity index (χ4n) is 2.82. The van der Waals surface area contributed by atoms with Crippen molar-refractivity contribution in [3.8, 4) is 11.8 Å². The molecule has 0 saturated heterocycles. The van der Waals surface area contributed by atoms with Crippen molar-refractivity contribution in [2.24, 2.45) is 0 Å². The number of halogens is 2. The fraction of sp³-hybridized carbons (Fsp3) is 0.150. The number of benzene rings is 2. The van der Waals surface area contributed by atoms with E-state index in [1.807, 2.05) is 6.07 Å². The van der Waals surface area contributed by atoms with E-state index in [0.29, 0.717) is 21.8 Å². The average Bonchev–Trinajstić information content (AvgIpc) is 3.26. The lowest BCUT2D eigenvalue weighted by atomic mass is 10.1. The van der Waals surface area contributed by atoms with Crippen LogP contribution in [0.1, 0.15) is 21.6 Å². The Morgan fingerprint density at radius 2 is 1.94 bits per heavy atom. The van der Waals surface area contributed by atoms with Crippen LogP contribution in [0.2, 0.25) is 0 Å². The average molecular weight is 479 g/mol. The van der Waals surface area contributed by atoms with Crippen molar-refractivity contribution in [3.05, 3.63) is 70.9 Å². The molecule has 0 aliphatic heterocycles. The van der Waals surface area contributed by atoms with E-state index in [9.17, 15) is 22.0 Å². The summed E-state index contributed by atoms with van der Waals surface area (Å²) >= 11 is 1.11. The number of hydrogen-bond acceptors (Lipinski definition) is 8. The van der Waals surface area contributed by atoms with E-state index in [4.69, 9.17) is 5.26 Å². The van der Waals surface area contributed by atoms with Gasteiger partial charge in [-0.15, -0.1) is 11.3 Å². The zero-order chi connectivity index (χ0) is 23.1. The maximum Gasteiger partial charge on any atom is 0.387 e. The number of rotatable bonds is 9. The predicted molar refractivity (Wildman–Crippen MR) is 115 cm³/mol. The molecule has 0 unspecified atom stereocenters. The van der Waals surface area contributed by atoms with Crippen LogP contribution < -0.4 is 15.0 Å². The van der Waals surface area contributed by atoms with E-state index < -0.39 is 29.1 Å². The Morgan fingerprint density at radius 1 is 1.22 bits per heavy atom. The van der Waals surface area contributed by atoms with E-state index >= 15 is 0 Å². The number of nitrogens with zero attached hydrogens (tertiary/aromatic N) is 3. The van der Waals surface area contributed by atoms with Gasteiger partial charge in [-0.2, -0.15) is 14.0 Å². The molecule has 1 N–H and O–H groups in total. The predicted octanol–water partition coefficient (Wildman–Crippen LogP) is 3.25. The molecule has 0 aliphatic rings. The molecule has 2 aromatic carbocycles. The zero-order valence-electron chi connectivity index (χ0n) is 16.3. The molecule has 1 aromatic heterocycles. The monoisotopic (exact) mass is 478 g/mol. The second-order valence-corrected chi connectivity index (χ2v) is 8.05. The Bertz CT molecular complexity index is 1200. The fourth-order valence-corrected chi connectivity index (χ4v) is 3.90. The third-order valence-electron chi connectivity index (χ3n) is 4.20. The number of anilines is 2. The molecule has 12 heteroatoms. The Kier molecular flexibility index (Phi) is 7.69. The molecule has 32 heavy (non-hydrogen) atoms. The van der Waals surface area contributed by atoms with Gasteiger partial charge in [-0.05, 0) is 30.3 Å². The summed E-state index contributed by atoms with van der Waals surface area (Å²) in [6.45, 7) is -2.98. The molecule has 3 rings (SSSR count). The molecular weight excluding hydrogens is 462 g/mol. The Balaban J connectivity index is 2.03. The van der Waals surface area contributed by atoms with Crippen LogP contribution in [0.15, 0.2) is 54.0 Å². The molecule has 166 valence electrons. The lowest BCUT2D eigenvalue weighted by Gasteiger charge is -2.25. The quantitative estimate of drug-likeness (QED) is 0.454. The van der Waals surface area contributed by atoms with E-state index in [1.54, 1.807) is 47.4 Å². The van der Waals surface area contributed by atoms with Gasteiger partial charge in [0, 0.05) is 11.3 Å². The van der Waals surface area contributed by atoms with Gasteiger partial charge in [0.1, 0.15) is 16.6 Å². The van der Waals surface area contributed by atoms with Gasteiger partial charge >= 0.3 is 6.61 Å². The molecule has 0 atom stereocenters. The highest BCUT2D eigenvalue weighted by Gasteiger charge is 2.23. The second-order valence-electron chi connectivity index (χ2n) is 6.23. The molecule has 8 nitrogen and oxygen atoms in total. The van der Waals surface area contributed by atoms with Crippen molar-refractivity contribution < 1.29 is 26.7 Å². The number of nitriles is 1. The molecule has 0 bridgehead atoms. The minimum Gasteiger partial charge on any atom is -0.434 e. The molecular formula is C20H16F2N4O4S2. The molecule has 0 spiro atoms. The van der Waals surface area contributed by atoms with Gasteiger partial charge in [0.2, 0.25) is 0 Å². The van der Waals surface area contributed by atoms with Crippen molar-refractivity contribution in [2.45, 2.75) is 13.2 Å². The van der Waals surface area contributed by atoms with Crippen LogP contribution >= 0.6 is 11.3 Å². The summed E-state index contributed by atoms with van der Waals surface area (Å²) in [7, 11) is -2.82. The summed E-state index contributed by atoms with van der Waals surface area (Å²) in [4.78, 5) is 18.2. The molecule has 0 aliphatic carbocycles. The Morgan fingerprint density at radius 3 is 2.59 bits per heavy atom. The number of carbonyl (C=O) groups excluding carboxylic acids is 1. The molecule has 1 heterocycles. The van der Waals surface area contributed by atoms with Crippen molar-refractivity contribution >= 4 is 38.6 Å². The van der Waals surface area contributed by atoms with Crippen LogP contribution in [-0.4, -0.2) is 31.8 Å². The number of ether oxygens (including phenoxy) is 1. The Labute approximate surface area is 187 Å². The van der Waals surface area contributed by atoms with Crippen LogP contribution in [0, 0.1) is 11.3 Å². The number of para-hydroxylation sites is 1. The first kappa shape index (κ1) is 23.1. The molecule has 0 fully saturated rings. The van der Waals surface area contributed by atoms with E-state index in [0.717, 1.165) is 11.3 Å². The number of alkyl halides is 2. The maximum absolute atomic E-state index is 12.9. The van der Waals surface area contributed by atoms with E-state index in [2.05, 4.69) is 15.0 Å². The van der Waals surface area contributed by atoms with E-state index in [-0.39, 0.29) is 18.0 Å². The molecule has 0 saturated carbocycles. The van der Waals surface area contributed by atoms with Crippen molar-refractivity contribution in [1.82, 2.24) is 10.3 Å². The zero-order valence-corrected chi connectivity index (χ0v) is 18.0. The van der Waals surface area contributed by atoms with Gasteiger partial charge < -0.3 is 15.0 Å². The van der Waals surface area contributed by atoms with Gasteiger partial charge in [0.05, 0.1) is 23.7 Å². The molecule has 0 radical (unpaired) electrons. The van der Waals surface area contributed by atoms with Gasteiger partial charge in [-0.25, -0.2) is 13.4 Å². The van der Waals surface area contributed by atoms with Gasteiger partial charge in [0.15, 0.2) is 16.4 Å². The minimum atomic E-state index is -3.02. The number of aromatic nitrogens is 1. The summed E-state index contributed by atoms with van der Waals surface area (Å²) in [6.07, 6.45) is 0. The lowest BCUT2D eigenvalue weighted by Crippen LogP contribution is -2.27. The van der Waals surface area contributed by atoms with Crippen LogP contribution in [0.4, 0.5) is 19.5 Å². The van der Waals surface area contributed by atoms with Crippen LogP contribution in [0.5, 0.6) is 5.75 Å². The summed E-state index contributed by atoms with van der Waals surface area (Å²) in [5.41, 5.74) is 2.78. The highest BCUT2D eigenvalue weighted by atomic mass is 32.2. The summed E-state index contributed by atoms with van der Waals surface area (Å²) in [6, 6.07) is 14.7. The first-order chi connectivity index (χ1) is 15.4. The number of thiol groups is 1. The number of nitrogens with one attached hydrogen (secondary N) is 1. The minimum absolute atomic E-state index is 0.0246. The highest BCUT2D eigenvalue weighted by Crippen LogP contribution is 2.35. The van der Waals surface area contributed by atoms with Crippen molar-refractivity contribution in [3.63, 3.8) is 0 Å². The smallest absolute Gasteiger partial charge is 0.387 e. The van der Waals surface area contributed by atoms with Crippen molar-refractivity contribution in [1.29, 1.82) is 5.26 Å². The SMILES string of the molecule is N#Cc1ccc(N(Cc2ccccc2OC(F)F)c2scnc2C(=O)NC[SH](=O)=O)cc1. The largest absolute Gasteiger partial charge is 0.434 e. The van der Waals surface area contributed by atoms with Gasteiger partial charge in [-0.1, -0.05) is 18.2 Å². The molecule has 1 amide bonds. The third-order valence-corrected chi connectivity index (χ3v) is 5.47.